The summed E-state index contributed by atoms with van der Waals surface area (Å²) in [4.78, 5) is 28.0. The van der Waals surface area contributed by atoms with Crippen LogP contribution in [-0.4, -0.2) is 32.4 Å². The number of hydrogen-bond acceptors (Lipinski definition) is 3. The highest BCUT2D eigenvalue weighted by Gasteiger charge is 2.23. The molecule has 2 aromatic rings. The van der Waals surface area contributed by atoms with Crippen LogP contribution in [-0.2, 0) is 4.79 Å². The fourth-order valence-electron chi connectivity index (χ4n) is 2.30. The molecule has 2 aromatic heterocycles. The maximum absolute atomic E-state index is 12.4. The molecule has 2 N–H and O–H groups in total. The summed E-state index contributed by atoms with van der Waals surface area (Å²) in [6, 6.07) is 2.40. The number of rotatable bonds is 6. The number of carboxylic acid groups (broad SMARTS) is 1. The molecule has 0 saturated carbocycles. The maximum atomic E-state index is 12.4. The van der Waals surface area contributed by atoms with Gasteiger partial charge in [-0.05, 0) is 19.4 Å². The average Bonchev–Trinajstić information content (AvgIpc) is 2.77. The van der Waals surface area contributed by atoms with Crippen molar-refractivity contribution in [3.63, 3.8) is 0 Å². The lowest BCUT2D eigenvalue weighted by molar-refractivity contribution is -0.139. The second-order valence-electron chi connectivity index (χ2n) is 5.13. The van der Waals surface area contributed by atoms with Gasteiger partial charge in [0.2, 0.25) is 0 Å². The second-order valence-corrected chi connectivity index (χ2v) is 5.56. The summed E-state index contributed by atoms with van der Waals surface area (Å²) >= 11 is 5.91. The lowest BCUT2D eigenvalue weighted by Crippen LogP contribution is -2.41. The van der Waals surface area contributed by atoms with E-state index in [1.807, 2.05) is 6.92 Å². The molecule has 0 bridgehead atoms. The van der Waals surface area contributed by atoms with Crippen LogP contribution in [0, 0.1) is 6.92 Å². The van der Waals surface area contributed by atoms with Gasteiger partial charge in [-0.2, -0.15) is 0 Å². The number of carbonyl (C=O) groups is 2. The Hall–Kier alpha value is -2.08. The highest BCUT2D eigenvalue weighted by molar-refractivity contribution is 6.30. The van der Waals surface area contributed by atoms with Crippen molar-refractivity contribution >= 4 is 29.1 Å². The molecule has 0 saturated heterocycles. The molecule has 6 nitrogen and oxygen atoms in total. The molecule has 2 rings (SSSR count). The largest absolute Gasteiger partial charge is 0.480 e. The third-order valence-corrected chi connectivity index (χ3v) is 3.66. The number of carbonyl (C=O) groups excluding carboxylic acids is 1. The zero-order valence-electron chi connectivity index (χ0n) is 12.5. The first kappa shape index (κ1) is 16.3. The fourth-order valence-corrected chi connectivity index (χ4v) is 2.46. The minimum absolute atomic E-state index is 0.328. The van der Waals surface area contributed by atoms with Gasteiger partial charge in [-0.3, -0.25) is 9.20 Å². The lowest BCUT2D eigenvalue weighted by atomic mass is 10.1. The SMILES string of the molecule is CCCCC(NC(=O)c1c(C)nc2cc(Cl)ccn12)C(=O)O. The van der Waals surface area contributed by atoms with Gasteiger partial charge in [-0.15, -0.1) is 0 Å². The summed E-state index contributed by atoms with van der Waals surface area (Å²) in [6.45, 7) is 3.68. The van der Waals surface area contributed by atoms with Gasteiger partial charge in [0, 0.05) is 17.3 Å². The topological polar surface area (TPSA) is 83.7 Å². The quantitative estimate of drug-likeness (QED) is 0.856. The Kier molecular flexibility index (Phi) is 5.03. The number of hydrogen-bond donors (Lipinski definition) is 2. The molecule has 118 valence electrons. The molecule has 0 aromatic carbocycles. The predicted molar refractivity (Wildman–Crippen MR) is 83.4 cm³/mol. The fraction of sp³-hybridized carbons (Fsp3) is 0.400. The highest BCUT2D eigenvalue weighted by Crippen LogP contribution is 2.17. The minimum atomic E-state index is -1.03. The van der Waals surface area contributed by atoms with Crippen molar-refractivity contribution in [2.45, 2.75) is 39.2 Å². The standard InChI is InChI=1S/C15H18ClN3O3/c1-3-4-5-11(15(21)22)18-14(20)13-9(2)17-12-8-10(16)6-7-19(12)13/h6-8,11H,3-5H2,1-2H3,(H,18,20)(H,21,22). The van der Waals surface area contributed by atoms with E-state index in [1.165, 1.54) is 0 Å². The van der Waals surface area contributed by atoms with Crippen molar-refractivity contribution in [2.75, 3.05) is 0 Å². The van der Waals surface area contributed by atoms with Crippen LogP contribution in [0.2, 0.25) is 5.02 Å². The van der Waals surface area contributed by atoms with Gasteiger partial charge >= 0.3 is 5.97 Å². The highest BCUT2D eigenvalue weighted by atomic mass is 35.5. The van der Waals surface area contributed by atoms with E-state index < -0.39 is 17.9 Å². The van der Waals surface area contributed by atoms with E-state index in [2.05, 4.69) is 10.3 Å². The monoisotopic (exact) mass is 323 g/mol. The summed E-state index contributed by atoms with van der Waals surface area (Å²) in [7, 11) is 0. The molecule has 0 spiro atoms. The molecule has 0 aliphatic carbocycles. The van der Waals surface area contributed by atoms with E-state index in [9.17, 15) is 14.7 Å². The normalized spacial score (nSPS) is 12.3. The van der Waals surface area contributed by atoms with Gasteiger partial charge in [0.1, 0.15) is 17.4 Å². The summed E-state index contributed by atoms with van der Waals surface area (Å²) in [5.74, 6) is -1.48. The Morgan fingerprint density at radius 2 is 2.23 bits per heavy atom. The number of aromatic nitrogens is 2. The van der Waals surface area contributed by atoms with E-state index >= 15 is 0 Å². The van der Waals surface area contributed by atoms with Gasteiger partial charge in [0.15, 0.2) is 0 Å². The van der Waals surface area contributed by atoms with Crippen LogP contribution in [0.25, 0.3) is 5.65 Å². The van der Waals surface area contributed by atoms with Crippen LogP contribution in [0.1, 0.15) is 42.4 Å². The molecule has 7 heteroatoms. The number of imidazole rings is 1. The minimum Gasteiger partial charge on any atom is -0.480 e. The van der Waals surface area contributed by atoms with E-state index in [-0.39, 0.29) is 0 Å². The number of carboxylic acids is 1. The molecule has 0 fully saturated rings. The van der Waals surface area contributed by atoms with Crippen molar-refractivity contribution in [1.29, 1.82) is 0 Å². The number of pyridine rings is 1. The van der Waals surface area contributed by atoms with Crippen molar-refractivity contribution in [3.8, 4) is 0 Å². The van der Waals surface area contributed by atoms with E-state index in [0.29, 0.717) is 28.5 Å². The van der Waals surface area contributed by atoms with Crippen molar-refractivity contribution in [1.82, 2.24) is 14.7 Å². The van der Waals surface area contributed by atoms with Crippen LogP contribution in [0.3, 0.4) is 0 Å². The number of amides is 1. The molecule has 2 heterocycles. The number of nitrogens with zero attached hydrogens (tertiary/aromatic N) is 2. The molecule has 0 aliphatic heterocycles. The number of unbranched alkanes of at least 4 members (excludes halogenated alkanes) is 1. The number of nitrogens with one attached hydrogen (secondary N) is 1. The van der Waals surface area contributed by atoms with E-state index in [4.69, 9.17) is 11.6 Å². The molecule has 22 heavy (non-hydrogen) atoms. The third kappa shape index (κ3) is 3.39. The summed E-state index contributed by atoms with van der Waals surface area (Å²) in [5.41, 5.74) is 1.41. The Balaban J connectivity index is 2.29. The van der Waals surface area contributed by atoms with Crippen molar-refractivity contribution in [3.05, 3.63) is 34.7 Å². The molecule has 1 atom stereocenters. The predicted octanol–water partition coefficient (Wildman–Crippen LogP) is 2.67. The first-order valence-corrected chi connectivity index (χ1v) is 7.49. The van der Waals surface area contributed by atoms with Crippen LogP contribution >= 0.6 is 11.6 Å². The average molecular weight is 324 g/mol. The van der Waals surface area contributed by atoms with E-state index in [1.54, 1.807) is 29.7 Å². The Labute approximate surface area is 133 Å². The van der Waals surface area contributed by atoms with Crippen LogP contribution in [0.4, 0.5) is 0 Å². The van der Waals surface area contributed by atoms with Crippen molar-refractivity contribution in [2.24, 2.45) is 0 Å². The Morgan fingerprint density at radius 3 is 2.86 bits per heavy atom. The van der Waals surface area contributed by atoms with Crippen LogP contribution in [0.5, 0.6) is 0 Å². The Morgan fingerprint density at radius 1 is 1.50 bits per heavy atom. The zero-order valence-corrected chi connectivity index (χ0v) is 13.2. The molecular weight excluding hydrogens is 306 g/mol. The lowest BCUT2D eigenvalue weighted by Gasteiger charge is -2.14. The van der Waals surface area contributed by atoms with E-state index in [0.717, 1.165) is 12.8 Å². The second kappa shape index (κ2) is 6.79. The number of fused-ring (bicyclic) bond motifs is 1. The number of halogens is 1. The summed E-state index contributed by atoms with van der Waals surface area (Å²) < 4.78 is 1.61. The molecular formula is C15H18ClN3O3. The zero-order chi connectivity index (χ0) is 16.3. The summed E-state index contributed by atoms with van der Waals surface area (Å²) in [5, 5.41) is 12.3. The van der Waals surface area contributed by atoms with Crippen LogP contribution < -0.4 is 5.32 Å². The van der Waals surface area contributed by atoms with Crippen LogP contribution in [0.15, 0.2) is 18.3 Å². The first-order chi connectivity index (χ1) is 10.4. The molecule has 1 unspecified atom stereocenters. The molecule has 0 aliphatic rings. The van der Waals surface area contributed by atoms with Gasteiger partial charge in [-0.1, -0.05) is 31.4 Å². The van der Waals surface area contributed by atoms with Gasteiger partial charge in [0.25, 0.3) is 5.91 Å². The molecule has 0 radical (unpaired) electrons. The molecule has 1 amide bonds. The maximum Gasteiger partial charge on any atom is 0.326 e. The summed E-state index contributed by atoms with van der Waals surface area (Å²) in [6.07, 6.45) is 3.65. The number of aryl methyl sites for hydroxylation is 1. The third-order valence-electron chi connectivity index (χ3n) is 3.43. The first-order valence-electron chi connectivity index (χ1n) is 7.12. The Bertz CT molecular complexity index is 711. The van der Waals surface area contributed by atoms with Gasteiger partial charge in [0.05, 0.1) is 5.69 Å². The van der Waals surface area contributed by atoms with Crippen molar-refractivity contribution < 1.29 is 14.7 Å². The number of aliphatic carboxylic acids is 1. The smallest absolute Gasteiger partial charge is 0.326 e. The van der Waals surface area contributed by atoms with Gasteiger partial charge in [-0.25, -0.2) is 9.78 Å². The van der Waals surface area contributed by atoms with Gasteiger partial charge < -0.3 is 10.4 Å².